The van der Waals surface area contributed by atoms with Crippen LogP contribution in [0.1, 0.15) is 37.9 Å². The number of para-hydroxylation sites is 1. The summed E-state index contributed by atoms with van der Waals surface area (Å²) in [4.78, 5) is 32.1. The molecule has 0 atom stereocenters. The number of nitrogens with zero attached hydrogens (tertiary/aromatic N) is 1. The maximum absolute atomic E-state index is 13.0. The van der Waals surface area contributed by atoms with E-state index in [1.165, 1.54) is 11.8 Å². The third-order valence-corrected chi connectivity index (χ3v) is 6.47. The van der Waals surface area contributed by atoms with Gasteiger partial charge in [0.05, 0.1) is 10.4 Å². The van der Waals surface area contributed by atoms with Gasteiger partial charge in [0, 0.05) is 21.4 Å². The lowest BCUT2D eigenvalue weighted by atomic mass is 9.97. The lowest BCUT2D eigenvalue weighted by molar-refractivity contribution is 0.0886. The number of hydrogen-bond donors (Lipinski definition) is 1. The zero-order valence-electron chi connectivity index (χ0n) is 16.1. The normalized spacial score (nSPS) is 13.8. The van der Waals surface area contributed by atoms with Crippen LogP contribution < -0.4 is 0 Å². The molecule has 30 heavy (non-hydrogen) atoms. The molecule has 0 saturated heterocycles. The predicted octanol–water partition coefficient (Wildman–Crippen LogP) is 5.56. The van der Waals surface area contributed by atoms with Crippen LogP contribution in [0.5, 0.6) is 5.75 Å². The number of aryl methyl sites for hydroxylation is 1. The number of pyridine rings is 1. The first-order valence-electron chi connectivity index (χ1n) is 9.58. The van der Waals surface area contributed by atoms with Gasteiger partial charge in [0.1, 0.15) is 11.6 Å². The van der Waals surface area contributed by atoms with Crippen LogP contribution in [-0.4, -0.2) is 21.7 Å². The maximum Gasteiger partial charge on any atom is 0.180 e. The highest BCUT2D eigenvalue weighted by Crippen LogP contribution is 2.45. The molecule has 5 rings (SSSR count). The molecule has 3 aromatic carbocycles. The van der Waals surface area contributed by atoms with Crippen LogP contribution in [0, 0.1) is 6.92 Å². The lowest BCUT2D eigenvalue weighted by Gasteiger charge is -2.15. The van der Waals surface area contributed by atoms with E-state index in [-0.39, 0.29) is 23.0 Å². The van der Waals surface area contributed by atoms with Crippen LogP contribution in [-0.2, 0) is 0 Å². The van der Waals surface area contributed by atoms with E-state index >= 15 is 0 Å². The highest BCUT2D eigenvalue weighted by atomic mass is 32.2. The third kappa shape index (κ3) is 2.90. The van der Waals surface area contributed by atoms with Gasteiger partial charge in [-0.2, -0.15) is 0 Å². The van der Waals surface area contributed by atoms with Crippen molar-refractivity contribution in [3.05, 3.63) is 95.2 Å². The molecular weight excluding hydrogens is 394 g/mol. The molecule has 1 aliphatic rings. The first-order chi connectivity index (χ1) is 14.5. The van der Waals surface area contributed by atoms with Gasteiger partial charge in [-0.05, 0) is 25.1 Å². The Bertz CT molecular complexity index is 1290. The molecular formula is C25H17NO3S. The zero-order chi connectivity index (χ0) is 20.8. The van der Waals surface area contributed by atoms with Crippen LogP contribution in [0.15, 0.2) is 82.6 Å². The quantitative estimate of drug-likeness (QED) is 0.447. The van der Waals surface area contributed by atoms with Crippen molar-refractivity contribution in [1.82, 2.24) is 4.98 Å². The Morgan fingerprint density at radius 2 is 1.43 bits per heavy atom. The summed E-state index contributed by atoms with van der Waals surface area (Å²) in [6.07, 6.45) is 0. The molecule has 0 aliphatic heterocycles. The van der Waals surface area contributed by atoms with Gasteiger partial charge in [0.25, 0.3) is 0 Å². The van der Waals surface area contributed by atoms with Crippen molar-refractivity contribution in [1.29, 1.82) is 0 Å². The minimum absolute atomic E-state index is 0.112. The molecule has 0 bridgehead atoms. The molecule has 1 N–H and O–H groups in total. The van der Waals surface area contributed by atoms with Gasteiger partial charge in [-0.3, -0.25) is 9.59 Å². The van der Waals surface area contributed by atoms with E-state index in [2.05, 4.69) is 4.98 Å². The summed E-state index contributed by atoms with van der Waals surface area (Å²) < 4.78 is 0. The number of rotatable bonds is 3. The van der Waals surface area contributed by atoms with Crippen molar-refractivity contribution in [2.45, 2.75) is 22.6 Å². The molecule has 146 valence electrons. The average molecular weight is 411 g/mol. The first-order valence-corrected chi connectivity index (χ1v) is 10.4. The summed E-state index contributed by atoms with van der Waals surface area (Å²) in [7, 11) is 0. The molecule has 1 aromatic heterocycles. The molecule has 4 aromatic rings. The van der Waals surface area contributed by atoms with Gasteiger partial charge in [-0.1, -0.05) is 71.9 Å². The number of hydrogen-bond acceptors (Lipinski definition) is 5. The predicted molar refractivity (Wildman–Crippen MR) is 117 cm³/mol. The Morgan fingerprint density at radius 3 is 2.10 bits per heavy atom. The lowest BCUT2D eigenvalue weighted by Crippen LogP contribution is -2.15. The fraction of sp³-hybridized carbons (Fsp3) is 0.0800. The van der Waals surface area contributed by atoms with Crippen molar-refractivity contribution in [3.63, 3.8) is 0 Å². The number of ketones is 2. The van der Waals surface area contributed by atoms with Gasteiger partial charge in [-0.25, -0.2) is 4.98 Å². The largest absolute Gasteiger partial charge is 0.505 e. The van der Waals surface area contributed by atoms with Crippen molar-refractivity contribution in [3.8, 4) is 5.75 Å². The van der Waals surface area contributed by atoms with Crippen molar-refractivity contribution in [2.24, 2.45) is 0 Å². The number of benzene rings is 3. The molecule has 0 spiro atoms. The first kappa shape index (κ1) is 18.6. The van der Waals surface area contributed by atoms with Crippen LogP contribution >= 0.6 is 11.8 Å². The third-order valence-electron chi connectivity index (χ3n) is 5.34. The van der Waals surface area contributed by atoms with E-state index in [4.69, 9.17) is 0 Å². The van der Waals surface area contributed by atoms with Gasteiger partial charge >= 0.3 is 0 Å². The van der Waals surface area contributed by atoms with E-state index in [0.29, 0.717) is 21.5 Å². The van der Waals surface area contributed by atoms with Crippen LogP contribution in [0.2, 0.25) is 0 Å². The molecule has 0 saturated carbocycles. The Morgan fingerprint density at radius 1 is 0.833 bits per heavy atom. The Labute approximate surface area is 177 Å². The van der Waals surface area contributed by atoms with Crippen LogP contribution in [0.25, 0.3) is 10.9 Å². The number of fused-ring (bicyclic) bond motifs is 2. The van der Waals surface area contributed by atoms with Crippen molar-refractivity contribution >= 4 is 34.2 Å². The fourth-order valence-electron chi connectivity index (χ4n) is 3.81. The molecule has 0 unspecified atom stereocenters. The fourth-order valence-corrected chi connectivity index (χ4v) is 4.80. The van der Waals surface area contributed by atoms with E-state index in [1.54, 1.807) is 24.3 Å². The van der Waals surface area contributed by atoms with Crippen molar-refractivity contribution in [2.75, 3.05) is 0 Å². The molecule has 0 fully saturated rings. The molecule has 1 aliphatic carbocycles. The van der Waals surface area contributed by atoms with E-state index < -0.39 is 5.92 Å². The van der Waals surface area contributed by atoms with E-state index in [1.807, 2.05) is 55.5 Å². The molecule has 5 heteroatoms. The SMILES string of the molecule is Cc1ccc(Sc2c(O)c(C3C(=O)c4ccccc4C3=O)nc3ccccc23)cc1. The molecule has 1 heterocycles. The topological polar surface area (TPSA) is 67.3 Å². The minimum Gasteiger partial charge on any atom is -0.505 e. The summed E-state index contributed by atoms with van der Waals surface area (Å²) in [5, 5.41) is 12.0. The molecule has 0 radical (unpaired) electrons. The second-order valence-electron chi connectivity index (χ2n) is 7.31. The highest BCUT2D eigenvalue weighted by Gasteiger charge is 2.42. The summed E-state index contributed by atoms with van der Waals surface area (Å²) >= 11 is 1.40. The summed E-state index contributed by atoms with van der Waals surface area (Å²) in [5.74, 6) is -1.87. The van der Waals surface area contributed by atoms with Gasteiger partial charge in [-0.15, -0.1) is 0 Å². The molecule has 4 nitrogen and oxygen atoms in total. The number of Topliss-reactive ketones (excluding diaryl/α,β-unsaturated/α-hetero) is 2. The second kappa shape index (κ2) is 7.11. The van der Waals surface area contributed by atoms with Gasteiger partial charge in [0.15, 0.2) is 17.3 Å². The highest BCUT2D eigenvalue weighted by molar-refractivity contribution is 7.99. The Balaban J connectivity index is 1.69. The van der Waals surface area contributed by atoms with E-state index in [9.17, 15) is 14.7 Å². The molecule has 0 amide bonds. The number of carbonyl (C=O) groups is 2. The zero-order valence-corrected chi connectivity index (χ0v) is 16.9. The van der Waals surface area contributed by atoms with Crippen LogP contribution in [0.4, 0.5) is 0 Å². The number of aromatic nitrogens is 1. The summed E-state index contributed by atoms with van der Waals surface area (Å²) in [5.41, 5.74) is 2.67. The van der Waals surface area contributed by atoms with Crippen molar-refractivity contribution < 1.29 is 14.7 Å². The van der Waals surface area contributed by atoms with E-state index in [0.717, 1.165) is 15.8 Å². The Kier molecular flexibility index (Phi) is 4.40. The Hall–Kier alpha value is -3.44. The maximum atomic E-state index is 13.0. The summed E-state index contributed by atoms with van der Waals surface area (Å²) in [6.45, 7) is 2.01. The minimum atomic E-state index is -1.12. The van der Waals surface area contributed by atoms with Crippen LogP contribution in [0.3, 0.4) is 0 Å². The number of aromatic hydroxyl groups is 1. The van der Waals surface area contributed by atoms with Gasteiger partial charge < -0.3 is 5.11 Å². The number of carbonyl (C=O) groups excluding carboxylic acids is 2. The second-order valence-corrected chi connectivity index (χ2v) is 8.40. The smallest absolute Gasteiger partial charge is 0.180 e. The average Bonchev–Trinajstić information content (AvgIpc) is 3.02. The monoisotopic (exact) mass is 411 g/mol. The summed E-state index contributed by atoms with van der Waals surface area (Å²) in [6, 6.07) is 22.2. The standard InChI is InChI=1S/C25H17NO3S/c1-14-10-12-15(13-11-14)30-25-18-8-4-5-9-19(18)26-21(24(25)29)20-22(27)16-6-2-3-7-17(16)23(20)28/h2-13,20,29H,1H3. The van der Waals surface area contributed by atoms with Gasteiger partial charge in [0.2, 0.25) is 0 Å².